The smallest absolute Gasteiger partial charge is 0.303 e. The molecule has 2 aromatic carbocycles. The average Bonchev–Trinajstić information content (AvgIpc) is 3.02. The molecule has 2 N–H and O–H groups in total. The number of ether oxygens (including phenoxy) is 3. The highest BCUT2D eigenvalue weighted by Crippen LogP contribution is 2.42. The van der Waals surface area contributed by atoms with Crippen molar-refractivity contribution < 1.29 is 42.4 Å². The number of rotatable bonds is 13. The summed E-state index contributed by atoms with van der Waals surface area (Å²) in [7, 11) is 1.59. The van der Waals surface area contributed by atoms with E-state index in [0.29, 0.717) is 83.0 Å². The lowest BCUT2D eigenvalue weighted by molar-refractivity contribution is -0.141. The lowest BCUT2D eigenvalue weighted by Crippen LogP contribution is -2.43. The largest absolute Gasteiger partial charge is 0.497 e. The van der Waals surface area contributed by atoms with Gasteiger partial charge in [0, 0.05) is 49.9 Å². The fourth-order valence-corrected chi connectivity index (χ4v) is 6.50. The summed E-state index contributed by atoms with van der Waals surface area (Å²) in [5.74, 6) is -4.06. The van der Waals surface area contributed by atoms with Gasteiger partial charge < -0.3 is 24.4 Å². The molecule has 0 amide bonds. The normalized spacial score (nSPS) is 18.2. The molecule has 9 nitrogen and oxygen atoms in total. The summed E-state index contributed by atoms with van der Waals surface area (Å²) < 4.78 is 57.3. The third-order valence-corrected chi connectivity index (χ3v) is 9.04. The Balaban J connectivity index is 1.27. The number of carboxylic acids is 1. The van der Waals surface area contributed by atoms with Gasteiger partial charge in [0.15, 0.2) is 17.4 Å². The monoisotopic (exact) mass is 631 g/mol. The predicted octanol–water partition coefficient (Wildman–Crippen LogP) is 4.94. The minimum atomic E-state index is -1.10. The second-order valence-corrected chi connectivity index (χ2v) is 12.0. The lowest BCUT2D eigenvalue weighted by Gasteiger charge is -2.41. The molecule has 2 saturated heterocycles. The van der Waals surface area contributed by atoms with Gasteiger partial charge in [-0.1, -0.05) is 0 Å². The Morgan fingerprint density at radius 2 is 1.78 bits per heavy atom. The molecule has 2 aliphatic heterocycles. The first-order chi connectivity index (χ1) is 21.7. The van der Waals surface area contributed by atoms with Crippen LogP contribution in [0, 0.1) is 22.9 Å². The van der Waals surface area contributed by atoms with Crippen LogP contribution in [0.15, 0.2) is 36.5 Å². The van der Waals surface area contributed by atoms with Gasteiger partial charge in [0.2, 0.25) is 0 Å². The zero-order valence-electron chi connectivity index (χ0n) is 25.4. The molecule has 2 fully saturated rings. The van der Waals surface area contributed by atoms with Gasteiger partial charge in [0.05, 0.1) is 38.4 Å². The number of pyridine rings is 1. The molecule has 0 bridgehead atoms. The van der Waals surface area contributed by atoms with Crippen molar-refractivity contribution in [3.8, 4) is 11.5 Å². The van der Waals surface area contributed by atoms with Gasteiger partial charge in [-0.05, 0) is 73.5 Å². The first-order valence-electron chi connectivity index (χ1n) is 15.3. The molecule has 1 aromatic heterocycles. The molecular formula is C33H40F3N3O6. The number of nitrogens with zero attached hydrogens (tertiary/aromatic N) is 3. The number of hydrogen-bond donors (Lipinski definition) is 2. The second kappa shape index (κ2) is 14.8. The zero-order valence-corrected chi connectivity index (χ0v) is 25.4. The molecule has 5 rings (SSSR count). The Kier molecular flexibility index (Phi) is 10.8. The lowest BCUT2D eigenvalue weighted by atomic mass is 9.71. The van der Waals surface area contributed by atoms with E-state index in [9.17, 15) is 28.2 Å². The van der Waals surface area contributed by atoms with Crippen molar-refractivity contribution in [3.63, 3.8) is 0 Å². The van der Waals surface area contributed by atoms with Gasteiger partial charge in [-0.15, -0.1) is 0 Å². The SMILES string of the molecule is COc1ccc2ncc(CN3CCOCC3)c(C(O)CCC3(CC(=O)O)CCN(CCOc4c(F)cc(F)cc4F)CC3)c2c1. The van der Waals surface area contributed by atoms with Crippen molar-refractivity contribution in [2.75, 3.05) is 59.7 Å². The molecule has 1 atom stereocenters. The minimum absolute atomic E-state index is 0.00534. The number of likely N-dealkylation sites (tertiary alicyclic amines) is 1. The zero-order chi connectivity index (χ0) is 32.0. The Labute approximate surface area is 260 Å². The van der Waals surface area contributed by atoms with Crippen molar-refractivity contribution in [1.82, 2.24) is 14.8 Å². The highest BCUT2D eigenvalue weighted by atomic mass is 19.1. The first-order valence-corrected chi connectivity index (χ1v) is 15.3. The Morgan fingerprint density at radius 3 is 2.44 bits per heavy atom. The number of benzene rings is 2. The van der Waals surface area contributed by atoms with E-state index in [2.05, 4.69) is 14.8 Å². The number of aliphatic hydroxyl groups excluding tert-OH is 1. The van der Waals surface area contributed by atoms with E-state index in [1.165, 1.54) is 0 Å². The number of carbonyl (C=O) groups is 1. The molecule has 3 aromatic rings. The maximum absolute atomic E-state index is 13.9. The number of aliphatic carboxylic acids is 1. The molecule has 2 aliphatic rings. The highest BCUT2D eigenvalue weighted by Gasteiger charge is 2.37. The molecule has 0 spiro atoms. The molecule has 1 unspecified atom stereocenters. The minimum Gasteiger partial charge on any atom is -0.497 e. The van der Waals surface area contributed by atoms with Crippen molar-refractivity contribution in [2.24, 2.45) is 5.41 Å². The van der Waals surface area contributed by atoms with Crippen LogP contribution in [-0.4, -0.2) is 90.6 Å². The first kappa shape index (κ1) is 32.9. The van der Waals surface area contributed by atoms with Gasteiger partial charge in [-0.25, -0.2) is 13.2 Å². The molecule has 0 radical (unpaired) electrons. The molecule has 12 heteroatoms. The summed E-state index contributed by atoms with van der Waals surface area (Å²) in [6.45, 7) is 4.97. The Morgan fingerprint density at radius 1 is 1.07 bits per heavy atom. The van der Waals surface area contributed by atoms with E-state index in [0.717, 1.165) is 35.1 Å². The van der Waals surface area contributed by atoms with Gasteiger partial charge in [-0.2, -0.15) is 0 Å². The van der Waals surface area contributed by atoms with E-state index in [-0.39, 0.29) is 13.0 Å². The predicted molar refractivity (Wildman–Crippen MR) is 161 cm³/mol. The topological polar surface area (TPSA) is 105 Å². The van der Waals surface area contributed by atoms with Crippen molar-refractivity contribution in [1.29, 1.82) is 0 Å². The van der Waals surface area contributed by atoms with Crippen LogP contribution in [0.5, 0.6) is 11.5 Å². The summed E-state index contributed by atoms with van der Waals surface area (Å²) in [4.78, 5) is 21.0. The second-order valence-electron chi connectivity index (χ2n) is 12.0. The van der Waals surface area contributed by atoms with Gasteiger partial charge >= 0.3 is 5.97 Å². The Hall–Kier alpha value is -3.45. The van der Waals surface area contributed by atoms with Crippen LogP contribution in [0.2, 0.25) is 0 Å². The fourth-order valence-electron chi connectivity index (χ4n) is 6.50. The third-order valence-electron chi connectivity index (χ3n) is 9.04. The van der Waals surface area contributed by atoms with Gasteiger partial charge in [0.1, 0.15) is 18.2 Å². The van der Waals surface area contributed by atoms with E-state index < -0.39 is 40.7 Å². The van der Waals surface area contributed by atoms with Gasteiger partial charge in [-0.3, -0.25) is 19.6 Å². The number of halogens is 3. The van der Waals surface area contributed by atoms with E-state index >= 15 is 0 Å². The Bertz CT molecular complexity index is 1450. The van der Waals surface area contributed by atoms with Crippen molar-refractivity contribution >= 4 is 16.9 Å². The molecule has 45 heavy (non-hydrogen) atoms. The number of hydrogen-bond acceptors (Lipinski definition) is 8. The van der Waals surface area contributed by atoms with Crippen molar-refractivity contribution in [2.45, 2.75) is 44.8 Å². The fraction of sp³-hybridized carbons (Fsp3) is 0.515. The third kappa shape index (κ3) is 8.23. The number of morpholine rings is 1. The molecule has 244 valence electrons. The van der Waals surface area contributed by atoms with Gasteiger partial charge in [0.25, 0.3) is 0 Å². The number of carboxylic acid groups (broad SMARTS) is 1. The number of aliphatic hydroxyl groups is 1. The van der Waals surface area contributed by atoms with Crippen LogP contribution in [0.25, 0.3) is 10.9 Å². The summed E-state index contributed by atoms with van der Waals surface area (Å²) in [6.07, 6.45) is 2.97. The van der Waals surface area contributed by atoms with Crippen LogP contribution in [-0.2, 0) is 16.1 Å². The quantitative estimate of drug-likeness (QED) is 0.272. The van der Waals surface area contributed by atoms with Crippen LogP contribution >= 0.6 is 0 Å². The summed E-state index contributed by atoms with van der Waals surface area (Å²) in [5.41, 5.74) is 1.92. The summed E-state index contributed by atoms with van der Waals surface area (Å²) in [6, 6.07) is 6.74. The van der Waals surface area contributed by atoms with E-state index in [1.54, 1.807) is 7.11 Å². The van der Waals surface area contributed by atoms with E-state index in [1.807, 2.05) is 24.4 Å². The number of fused-ring (bicyclic) bond motifs is 1. The maximum Gasteiger partial charge on any atom is 0.303 e. The maximum atomic E-state index is 13.9. The molecule has 0 saturated carbocycles. The number of piperidine rings is 1. The number of aromatic nitrogens is 1. The number of methoxy groups -OCH3 is 1. The molecular weight excluding hydrogens is 591 g/mol. The molecule has 3 heterocycles. The standard InChI is InChI=1S/C33H40F3N3O6/c1-43-24-2-3-28-25(18-24)31(22(20-37-28)21-39-10-13-44-14-11-39)29(40)4-5-33(19-30(41)42)6-8-38(9-7-33)12-15-45-32-26(35)16-23(34)17-27(32)36/h2-3,16-18,20,29,40H,4-15,19,21H2,1H3,(H,41,42). The van der Waals surface area contributed by atoms with Crippen LogP contribution in [0.3, 0.4) is 0 Å². The summed E-state index contributed by atoms with van der Waals surface area (Å²) in [5, 5.41) is 22.4. The average molecular weight is 632 g/mol. The van der Waals surface area contributed by atoms with Crippen molar-refractivity contribution in [3.05, 3.63) is 65.1 Å². The van der Waals surface area contributed by atoms with Crippen LogP contribution < -0.4 is 9.47 Å². The van der Waals surface area contributed by atoms with E-state index in [4.69, 9.17) is 14.2 Å². The van der Waals surface area contributed by atoms with Crippen LogP contribution in [0.4, 0.5) is 13.2 Å². The highest BCUT2D eigenvalue weighted by molar-refractivity contribution is 5.85. The molecule has 0 aliphatic carbocycles. The van der Waals surface area contributed by atoms with Crippen LogP contribution in [0.1, 0.15) is 49.3 Å². The summed E-state index contributed by atoms with van der Waals surface area (Å²) >= 11 is 0.